The molecule has 3 aromatic rings. The van der Waals surface area contributed by atoms with Gasteiger partial charge in [0.15, 0.2) is 0 Å². The molecular formula is C62H97N17O12S3. The molecule has 0 aliphatic carbocycles. The monoisotopic (exact) mass is 1370 g/mol. The Morgan fingerprint density at radius 3 is 2.21 bits per heavy atom. The first-order valence-corrected chi connectivity index (χ1v) is 35.1. The maximum absolute atomic E-state index is 14.3. The van der Waals surface area contributed by atoms with E-state index in [1.807, 2.05) is 18.7 Å². The normalized spacial score (nSPS) is 19.4. The molecule has 32 heteroatoms. The lowest BCUT2D eigenvalue weighted by atomic mass is 9.82. The lowest BCUT2D eigenvalue weighted by Crippen LogP contribution is -2.58. The van der Waals surface area contributed by atoms with Gasteiger partial charge in [0.25, 0.3) is 11.8 Å². The van der Waals surface area contributed by atoms with Crippen molar-refractivity contribution >= 4 is 99.5 Å². The van der Waals surface area contributed by atoms with Gasteiger partial charge in [-0.25, -0.2) is 19.9 Å². The molecule has 0 saturated carbocycles. The molecule has 5 rings (SSSR count). The highest BCUT2D eigenvalue weighted by atomic mass is 32.2. The van der Waals surface area contributed by atoms with E-state index in [9.17, 15) is 58.5 Å². The van der Waals surface area contributed by atoms with Crippen molar-refractivity contribution in [3.8, 4) is 10.7 Å². The van der Waals surface area contributed by atoms with E-state index in [0.29, 0.717) is 71.7 Å². The number of aromatic nitrogens is 4. The number of hydrogen-bond donors (Lipinski definition) is 16. The number of aliphatic imine (C=N–C) groups is 1. The van der Waals surface area contributed by atoms with Crippen LogP contribution in [0.1, 0.15) is 153 Å². The zero-order chi connectivity index (χ0) is 69.0. The van der Waals surface area contributed by atoms with Gasteiger partial charge in [-0.3, -0.25) is 43.2 Å². The number of amides is 9. The molecule has 520 valence electrons. The molecule has 0 radical (unpaired) electrons. The van der Waals surface area contributed by atoms with Crippen LogP contribution in [0.3, 0.4) is 0 Å². The summed E-state index contributed by atoms with van der Waals surface area (Å²) in [4.78, 5) is 136. The Morgan fingerprint density at radius 1 is 0.798 bits per heavy atom. The second kappa shape index (κ2) is 39.7. The number of nitrogens with one attached hydrogen (secondary N) is 11. The number of aliphatic hydroxyl groups excluding tert-OH is 3. The van der Waals surface area contributed by atoms with Crippen LogP contribution < -0.4 is 59.3 Å². The SMILES string of the molecule is CCC1CC(C(CC(N)=O)NCCC(N)=O)=NC(C(=O)NC(C(=O)NC(C)C(O)C(C)C(=O)NC(C(=O)NCCc2nc(-c3nc(C(=O)NCCCNCCCCNC(=O)CCCCC4SCC(NC=O)C4C(C)CC)cs3)cs2)C(C)O)C(O)c2cnc[nH]2)=C(C)C1=N. The smallest absolute Gasteiger partial charge is 0.270 e. The molecule has 13 unspecified atom stereocenters. The number of H-pyrrole nitrogens is 1. The highest BCUT2D eigenvalue weighted by Crippen LogP contribution is 2.41. The number of nitrogens with two attached hydrogens (primary N) is 2. The third-order valence-electron chi connectivity index (χ3n) is 16.9. The van der Waals surface area contributed by atoms with Crippen molar-refractivity contribution in [1.82, 2.24) is 67.8 Å². The van der Waals surface area contributed by atoms with Crippen molar-refractivity contribution in [2.75, 3.05) is 45.0 Å². The summed E-state index contributed by atoms with van der Waals surface area (Å²) in [6.45, 7) is 14.5. The summed E-state index contributed by atoms with van der Waals surface area (Å²) in [5, 5.41) is 73.3. The number of rotatable bonds is 43. The largest absolute Gasteiger partial charge is 0.391 e. The lowest BCUT2D eigenvalue weighted by molar-refractivity contribution is -0.136. The van der Waals surface area contributed by atoms with Crippen LogP contribution in [-0.4, -0.2) is 193 Å². The summed E-state index contributed by atoms with van der Waals surface area (Å²) in [6, 6.07) is -5.15. The summed E-state index contributed by atoms with van der Waals surface area (Å²) in [5.41, 5.74) is 11.9. The highest BCUT2D eigenvalue weighted by Gasteiger charge is 2.40. The Balaban J connectivity index is 1.03. The maximum atomic E-state index is 14.3. The minimum Gasteiger partial charge on any atom is -0.391 e. The van der Waals surface area contributed by atoms with Gasteiger partial charge in [-0.2, -0.15) is 11.8 Å². The maximum Gasteiger partial charge on any atom is 0.270 e. The zero-order valence-electron chi connectivity index (χ0n) is 54.7. The molecule has 9 amide bonds. The third-order valence-corrected chi connectivity index (χ3v) is 20.2. The van der Waals surface area contributed by atoms with Gasteiger partial charge in [-0.1, -0.05) is 40.5 Å². The molecule has 5 heterocycles. The Kier molecular flexibility index (Phi) is 32.8. The lowest BCUT2D eigenvalue weighted by Gasteiger charge is -2.30. The first kappa shape index (κ1) is 77.6. The van der Waals surface area contributed by atoms with Crippen molar-refractivity contribution in [1.29, 1.82) is 5.41 Å². The fourth-order valence-corrected chi connectivity index (χ4v) is 14.6. The molecule has 0 spiro atoms. The second-order valence-electron chi connectivity index (χ2n) is 24.0. The van der Waals surface area contributed by atoms with Crippen molar-refractivity contribution in [3.05, 3.63) is 50.9 Å². The minimum atomic E-state index is -1.80. The van der Waals surface area contributed by atoms with Gasteiger partial charge >= 0.3 is 0 Å². The molecule has 18 N–H and O–H groups in total. The van der Waals surface area contributed by atoms with Crippen LogP contribution in [0.25, 0.3) is 10.7 Å². The van der Waals surface area contributed by atoms with E-state index in [2.05, 4.69) is 86.6 Å². The van der Waals surface area contributed by atoms with Crippen LogP contribution in [0, 0.1) is 29.1 Å². The summed E-state index contributed by atoms with van der Waals surface area (Å²) >= 11 is 4.53. The number of imidazole rings is 1. The summed E-state index contributed by atoms with van der Waals surface area (Å²) in [6.07, 6.45) is 5.94. The van der Waals surface area contributed by atoms with Gasteiger partial charge in [0.2, 0.25) is 41.9 Å². The molecule has 1 saturated heterocycles. The van der Waals surface area contributed by atoms with Gasteiger partial charge in [-0.15, -0.1) is 22.7 Å². The van der Waals surface area contributed by atoms with Crippen LogP contribution >= 0.6 is 34.4 Å². The summed E-state index contributed by atoms with van der Waals surface area (Å²) < 4.78 is 0. The van der Waals surface area contributed by atoms with Crippen molar-refractivity contribution in [2.24, 2.45) is 40.1 Å². The van der Waals surface area contributed by atoms with E-state index in [1.54, 1.807) is 10.8 Å². The standard InChI is InChI=1S/C62H97N17O12S3/c1-8-33(3)50-42(73-32-80)28-92-45(50)15-10-11-16-48(84)69-21-13-12-19-66-20-14-22-70-58(88)43-29-94-62(77-43)44-30-93-49(75-44)18-24-71-59(89)53(37(7)81)78-57(87)35(5)55(85)36(6)74-61(91)54(56(86)41-27-67-31-72-41)79-60(90)52-34(4)51(65)38(9-2)25-40(76-52)39(26-47(64)83)68-23-17-46(63)82/h27,29-33,35-39,42,45,50,53-56,65-66,68,81,85-86H,8-26,28H2,1-7H3,(H2,63,82)(H2,64,83)(H,67,72)(H,69,84)(H,70,88)(H,71,89)(H,73,80)(H,74,91)(H,78,87)(H,79,90). The number of unbranched alkanes of at least 4 members (excludes halogenated alkanes) is 2. The van der Waals surface area contributed by atoms with Crippen molar-refractivity contribution in [2.45, 2.75) is 186 Å². The van der Waals surface area contributed by atoms with Crippen molar-refractivity contribution in [3.63, 3.8) is 0 Å². The first-order valence-electron chi connectivity index (χ1n) is 32.2. The highest BCUT2D eigenvalue weighted by molar-refractivity contribution is 8.00. The summed E-state index contributed by atoms with van der Waals surface area (Å²) in [7, 11) is 0. The number of nitrogens with zero attached hydrogens (tertiary/aromatic N) is 4. The van der Waals surface area contributed by atoms with E-state index in [1.165, 1.54) is 62.9 Å². The van der Waals surface area contributed by atoms with E-state index in [4.69, 9.17) is 16.9 Å². The molecular weight excluding hydrogens is 1270 g/mol. The summed E-state index contributed by atoms with van der Waals surface area (Å²) in [5.74, 6) is -4.96. The van der Waals surface area contributed by atoms with Crippen LogP contribution in [0.4, 0.5) is 0 Å². The number of aromatic amines is 1. The quantitative estimate of drug-likeness (QED) is 0.0279. The molecule has 2 aliphatic heterocycles. The number of carbonyl (C=O) groups excluding carboxylic acids is 9. The fourth-order valence-electron chi connectivity index (χ4n) is 11.2. The predicted molar refractivity (Wildman–Crippen MR) is 360 cm³/mol. The second-order valence-corrected chi connectivity index (χ2v) is 27.1. The average molecular weight is 1370 g/mol. The molecule has 0 bridgehead atoms. The van der Waals surface area contributed by atoms with E-state index < -0.39 is 89.8 Å². The van der Waals surface area contributed by atoms with E-state index in [0.717, 1.165) is 57.2 Å². The van der Waals surface area contributed by atoms with Gasteiger partial charge in [0.05, 0.1) is 53.4 Å². The Morgan fingerprint density at radius 2 is 1.53 bits per heavy atom. The number of hydrogen-bond acceptors (Lipinski definition) is 22. The van der Waals surface area contributed by atoms with Gasteiger partial charge in [0.1, 0.15) is 40.3 Å². The molecule has 94 heavy (non-hydrogen) atoms. The molecule has 13 atom stereocenters. The molecule has 1 fully saturated rings. The predicted octanol–water partition coefficient (Wildman–Crippen LogP) is 1.17. The van der Waals surface area contributed by atoms with Gasteiger partial charge in [0, 0.05) is 103 Å². The Bertz CT molecular complexity index is 3070. The molecule has 0 aromatic carbocycles. The number of primary amides is 2. The van der Waals surface area contributed by atoms with Gasteiger partial charge < -0.3 is 85.0 Å². The number of thiazole rings is 2. The van der Waals surface area contributed by atoms with Crippen LogP contribution in [-0.2, 0) is 44.8 Å². The van der Waals surface area contributed by atoms with Crippen LogP contribution in [0.2, 0.25) is 0 Å². The van der Waals surface area contributed by atoms with Gasteiger partial charge in [-0.05, 0) is 90.6 Å². The topological polar surface area (TPSA) is 465 Å². The molecule has 3 aromatic heterocycles. The molecule has 2 aliphatic rings. The first-order chi connectivity index (χ1) is 44.9. The zero-order valence-corrected chi connectivity index (χ0v) is 57.2. The van der Waals surface area contributed by atoms with E-state index in [-0.39, 0.29) is 90.7 Å². The number of carbonyl (C=O) groups is 9. The van der Waals surface area contributed by atoms with Crippen molar-refractivity contribution < 1.29 is 58.5 Å². The average Bonchev–Trinajstić information content (AvgIpc) is 1.61. The third kappa shape index (κ3) is 24.0. The Hall–Kier alpha value is -7.07. The van der Waals surface area contributed by atoms with Crippen LogP contribution in [0.5, 0.6) is 0 Å². The number of aliphatic hydroxyl groups is 3. The van der Waals surface area contributed by atoms with Crippen LogP contribution in [0.15, 0.2) is 39.5 Å². The van der Waals surface area contributed by atoms with E-state index >= 15 is 0 Å². The minimum absolute atomic E-state index is 0.0146. The number of thioether (sulfide) groups is 1. The fraction of sp³-hybridized carbons (Fsp3) is 0.645. The Labute approximate surface area is 561 Å². The number of allylic oxidation sites excluding steroid dienone is 1. The molecule has 29 nitrogen and oxygen atoms in total.